The summed E-state index contributed by atoms with van der Waals surface area (Å²) >= 11 is 0. The zero-order valence-electron chi connectivity index (χ0n) is 15.3. The van der Waals surface area contributed by atoms with Crippen molar-refractivity contribution in [2.24, 2.45) is 5.92 Å². The third kappa shape index (κ3) is 5.11. The molecule has 152 valence electrons. The third-order valence-corrected chi connectivity index (χ3v) is 6.61. The van der Waals surface area contributed by atoms with Gasteiger partial charge in [0.1, 0.15) is 10.6 Å². The highest BCUT2D eigenvalue weighted by Gasteiger charge is 2.30. The Hall–Kier alpha value is -1.39. The number of sulfonamides is 1. The summed E-state index contributed by atoms with van der Waals surface area (Å²) in [6.07, 6.45) is 1.78. The highest BCUT2D eigenvalue weighted by Crippen LogP contribution is 2.30. The zero-order chi connectivity index (χ0) is 18.6. The van der Waals surface area contributed by atoms with E-state index in [1.807, 2.05) is 0 Å². The molecule has 2 heterocycles. The van der Waals surface area contributed by atoms with E-state index in [-0.39, 0.29) is 34.9 Å². The molecule has 2 saturated heterocycles. The first kappa shape index (κ1) is 21.9. The zero-order valence-corrected chi connectivity index (χ0v) is 16.9. The van der Waals surface area contributed by atoms with E-state index in [1.165, 1.54) is 17.5 Å². The van der Waals surface area contributed by atoms with Crippen LogP contribution in [0.3, 0.4) is 0 Å². The standard InChI is InChI=1S/C17H25N3O5S.ClH/c1-24-15-5-4-14(19-17(21)13-3-2-6-18-12-13)11-16(15)26(22,23)20-7-9-25-10-8-20;/h4-5,11,13,18H,2-3,6-10,12H2,1H3,(H,19,21);1H. The van der Waals surface area contributed by atoms with E-state index >= 15 is 0 Å². The summed E-state index contributed by atoms with van der Waals surface area (Å²) in [7, 11) is -2.29. The number of benzene rings is 1. The molecule has 0 bridgehead atoms. The van der Waals surface area contributed by atoms with Crippen LogP contribution in [0.25, 0.3) is 0 Å². The number of hydrogen-bond acceptors (Lipinski definition) is 6. The molecule has 0 aliphatic carbocycles. The van der Waals surface area contributed by atoms with Gasteiger partial charge in [0.2, 0.25) is 15.9 Å². The van der Waals surface area contributed by atoms with Crippen molar-refractivity contribution in [1.29, 1.82) is 0 Å². The van der Waals surface area contributed by atoms with Gasteiger partial charge in [0.25, 0.3) is 0 Å². The molecule has 2 N–H and O–H groups in total. The fourth-order valence-corrected chi connectivity index (χ4v) is 4.79. The van der Waals surface area contributed by atoms with Crippen LogP contribution >= 0.6 is 12.4 Å². The second-order valence-corrected chi connectivity index (χ2v) is 8.32. The lowest BCUT2D eigenvalue weighted by Gasteiger charge is -2.27. The molecule has 2 fully saturated rings. The molecule has 0 radical (unpaired) electrons. The van der Waals surface area contributed by atoms with Crippen molar-refractivity contribution in [2.45, 2.75) is 17.7 Å². The molecule has 27 heavy (non-hydrogen) atoms. The molecule has 2 aliphatic heterocycles. The Labute approximate surface area is 166 Å². The van der Waals surface area contributed by atoms with Crippen LogP contribution in [-0.2, 0) is 19.6 Å². The van der Waals surface area contributed by atoms with E-state index in [1.54, 1.807) is 12.1 Å². The molecule has 0 saturated carbocycles. The fourth-order valence-electron chi connectivity index (χ4n) is 3.20. The molecular formula is C17H26ClN3O5S. The van der Waals surface area contributed by atoms with Crippen LogP contribution < -0.4 is 15.4 Å². The minimum Gasteiger partial charge on any atom is -0.495 e. The number of nitrogens with zero attached hydrogens (tertiary/aromatic N) is 1. The molecule has 3 rings (SSSR count). The van der Waals surface area contributed by atoms with Gasteiger partial charge in [-0.05, 0) is 37.6 Å². The van der Waals surface area contributed by atoms with E-state index in [0.29, 0.717) is 38.5 Å². The molecule has 0 spiro atoms. The van der Waals surface area contributed by atoms with Gasteiger partial charge in [-0.25, -0.2) is 8.42 Å². The maximum atomic E-state index is 13.0. The number of hydrogen-bond donors (Lipinski definition) is 2. The smallest absolute Gasteiger partial charge is 0.246 e. The number of anilines is 1. The summed E-state index contributed by atoms with van der Waals surface area (Å²) in [4.78, 5) is 12.5. The minimum atomic E-state index is -3.72. The Bertz CT molecular complexity index is 747. The van der Waals surface area contributed by atoms with Crippen LogP contribution in [0, 0.1) is 5.92 Å². The van der Waals surface area contributed by atoms with Crippen LogP contribution in [0.1, 0.15) is 12.8 Å². The Morgan fingerprint density at radius 2 is 2.07 bits per heavy atom. The molecule has 1 aromatic rings. The lowest BCUT2D eigenvalue weighted by Crippen LogP contribution is -2.40. The van der Waals surface area contributed by atoms with Crippen molar-refractivity contribution in [3.63, 3.8) is 0 Å². The molecule has 1 atom stereocenters. The number of amides is 1. The lowest BCUT2D eigenvalue weighted by molar-refractivity contribution is -0.120. The monoisotopic (exact) mass is 419 g/mol. The predicted molar refractivity (Wildman–Crippen MR) is 104 cm³/mol. The van der Waals surface area contributed by atoms with Crippen molar-refractivity contribution in [3.05, 3.63) is 18.2 Å². The van der Waals surface area contributed by atoms with Gasteiger partial charge in [0, 0.05) is 25.3 Å². The second-order valence-electron chi connectivity index (χ2n) is 6.41. The number of halogens is 1. The largest absolute Gasteiger partial charge is 0.495 e. The summed E-state index contributed by atoms with van der Waals surface area (Å²) in [5, 5.41) is 6.04. The third-order valence-electron chi connectivity index (χ3n) is 4.69. The predicted octanol–water partition coefficient (Wildman–Crippen LogP) is 1.08. The van der Waals surface area contributed by atoms with Gasteiger partial charge in [-0.3, -0.25) is 4.79 Å². The van der Waals surface area contributed by atoms with Gasteiger partial charge in [-0.15, -0.1) is 12.4 Å². The van der Waals surface area contributed by atoms with Crippen LogP contribution in [0.5, 0.6) is 5.75 Å². The van der Waals surface area contributed by atoms with Crippen LogP contribution in [0.4, 0.5) is 5.69 Å². The molecule has 0 aromatic heterocycles. The van der Waals surface area contributed by atoms with Crippen molar-refractivity contribution < 1.29 is 22.7 Å². The SMILES string of the molecule is COc1ccc(NC(=O)C2CCCNC2)cc1S(=O)(=O)N1CCOCC1.Cl. The first-order chi connectivity index (χ1) is 12.5. The number of nitrogens with one attached hydrogen (secondary N) is 2. The molecule has 2 aliphatic rings. The van der Waals surface area contributed by atoms with Gasteiger partial charge in [0.15, 0.2) is 0 Å². The molecule has 1 amide bonds. The van der Waals surface area contributed by atoms with Gasteiger partial charge in [0.05, 0.1) is 26.2 Å². The Morgan fingerprint density at radius 1 is 1.33 bits per heavy atom. The first-order valence-electron chi connectivity index (χ1n) is 8.80. The maximum Gasteiger partial charge on any atom is 0.246 e. The van der Waals surface area contributed by atoms with E-state index in [9.17, 15) is 13.2 Å². The Balaban J connectivity index is 0.00000261. The first-order valence-corrected chi connectivity index (χ1v) is 10.2. The number of morpholine rings is 1. The fraction of sp³-hybridized carbons (Fsp3) is 0.588. The second kappa shape index (κ2) is 9.70. The Morgan fingerprint density at radius 3 is 2.70 bits per heavy atom. The van der Waals surface area contributed by atoms with Gasteiger partial charge in [-0.1, -0.05) is 0 Å². The van der Waals surface area contributed by atoms with E-state index in [0.717, 1.165) is 19.4 Å². The number of piperidine rings is 1. The average Bonchev–Trinajstić information content (AvgIpc) is 2.69. The summed E-state index contributed by atoms with van der Waals surface area (Å²) in [5.41, 5.74) is 0.452. The van der Waals surface area contributed by atoms with E-state index in [2.05, 4.69) is 10.6 Å². The Kier molecular flexibility index (Phi) is 7.87. The van der Waals surface area contributed by atoms with Crippen LogP contribution in [-0.4, -0.2) is 65.1 Å². The highest BCUT2D eigenvalue weighted by atomic mass is 35.5. The summed E-state index contributed by atoms with van der Waals surface area (Å²) in [6, 6.07) is 4.70. The van der Waals surface area contributed by atoms with Crippen molar-refractivity contribution in [1.82, 2.24) is 9.62 Å². The van der Waals surface area contributed by atoms with Gasteiger partial charge in [-0.2, -0.15) is 4.31 Å². The van der Waals surface area contributed by atoms with Gasteiger partial charge >= 0.3 is 0 Å². The average molecular weight is 420 g/mol. The number of ether oxygens (including phenoxy) is 2. The highest BCUT2D eigenvalue weighted by molar-refractivity contribution is 7.89. The van der Waals surface area contributed by atoms with E-state index < -0.39 is 10.0 Å². The molecular weight excluding hydrogens is 394 g/mol. The lowest BCUT2D eigenvalue weighted by atomic mass is 9.99. The number of rotatable bonds is 5. The quantitative estimate of drug-likeness (QED) is 0.741. The molecule has 8 nitrogen and oxygen atoms in total. The topological polar surface area (TPSA) is 97.0 Å². The molecule has 10 heteroatoms. The summed E-state index contributed by atoms with van der Waals surface area (Å²) in [6.45, 7) is 2.90. The van der Waals surface area contributed by atoms with E-state index in [4.69, 9.17) is 9.47 Å². The van der Waals surface area contributed by atoms with Crippen LogP contribution in [0.2, 0.25) is 0 Å². The maximum absolute atomic E-state index is 13.0. The number of carbonyl (C=O) groups excluding carboxylic acids is 1. The van der Waals surface area contributed by atoms with Gasteiger partial charge < -0.3 is 20.1 Å². The molecule has 1 unspecified atom stereocenters. The van der Waals surface area contributed by atoms with Crippen molar-refractivity contribution in [3.8, 4) is 5.75 Å². The minimum absolute atomic E-state index is 0. The normalized spacial score (nSPS) is 21.1. The summed E-state index contributed by atoms with van der Waals surface area (Å²) in [5.74, 6) is 0.0519. The number of methoxy groups -OCH3 is 1. The van der Waals surface area contributed by atoms with Crippen LogP contribution in [0.15, 0.2) is 23.1 Å². The summed E-state index contributed by atoms with van der Waals surface area (Å²) < 4.78 is 37.8. The molecule has 1 aromatic carbocycles. The van der Waals surface area contributed by atoms with Crippen molar-refractivity contribution >= 4 is 34.0 Å². The number of carbonyl (C=O) groups is 1. The van der Waals surface area contributed by atoms with Crippen molar-refractivity contribution in [2.75, 3.05) is 51.8 Å².